The highest BCUT2D eigenvalue weighted by molar-refractivity contribution is 8.13. The predicted octanol–water partition coefficient (Wildman–Crippen LogP) is 3.67. The molecular formula is C14H26N2S. The van der Waals surface area contributed by atoms with Crippen LogP contribution in [0, 0.1) is 11.3 Å². The fourth-order valence-electron chi connectivity index (χ4n) is 2.82. The van der Waals surface area contributed by atoms with Gasteiger partial charge in [-0.05, 0) is 30.6 Å². The summed E-state index contributed by atoms with van der Waals surface area (Å²) in [5.74, 6) is 1.93. The first-order valence-electron chi connectivity index (χ1n) is 6.96. The van der Waals surface area contributed by atoms with Crippen LogP contribution in [0.2, 0.25) is 0 Å². The third-order valence-electron chi connectivity index (χ3n) is 4.26. The molecule has 3 heteroatoms. The highest BCUT2D eigenvalue weighted by atomic mass is 32.2. The van der Waals surface area contributed by atoms with Crippen LogP contribution in [0.1, 0.15) is 53.4 Å². The second-order valence-corrected chi connectivity index (χ2v) is 7.55. The SMILES string of the molecule is CC(C)C1CCSC(=NC2CCCC2(C)C)N1. The van der Waals surface area contributed by atoms with Gasteiger partial charge in [-0.1, -0.05) is 45.9 Å². The topological polar surface area (TPSA) is 24.4 Å². The van der Waals surface area contributed by atoms with Gasteiger partial charge in [0.2, 0.25) is 0 Å². The minimum atomic E-state index is 0.403. The molecule has 0 aromatic rings. The van der Waals surface area contributed by atoms with Crippen LogP contribution in [0.3, 0.4) is 0 Å². The molecule has 2 aliphatic rings. The summed E-state index contributed by atoms with van der Waals surface area (Å²) in [4.78, 5) is 4.99. The van der Waals surface area contributed by atoms with Gasteiger partial charge in [0, 0.05) is 11.8 Å². The Morgan fingerprint density at radius 3 is 2.71 bits per heavy atom. The van der Waals surface area contributed by atoms with Crippen LogP contribution < -0.4 is 5.32 Å². The van der Waals surface area contributed by atoms with Crippen molar-refractivity contribution in [3.63, 3.8) is 0 Å². The molecule has 2 atom stereocenters. The van der Waals surface area contributed by atoms with E-state index in [-0.39, 0.29) is 0 Å². The second kappa shape index (κ2) is 5.21. The molecule has 17 heavy (non-hydrogen) atoms. The Labute approximate surface area is 110 Å². The van der Waals surface area contributed by atoms with E-state index in [9.17, 15) is 0 Å². The van der Waals surface area contributed by atoms with Gasteiger partial charge in [-0.25, -0.2) is 0 Å². The van der Waals surface area contributed by atoms with Crippen LogP contribution in [0.5, 0.6) is 0 Å². The number of nitrogens with zero attached hydrogens (tertiary/aromatic N) is 1. The Balaban J connectivity index is 2.01. The van der Waals surface area contributed by atoms with Gasteiger partial charge in [0.1, 0.15) is 0 Å². The molecule has 2 rings (SSSR count). The van der Waals surface area contributed by atoms with Crippen molar-refractivity contribution in [2.75, 3.05) is 5.75 Å². The molecule has 0 aromatic carbocycles. The van der Waals surface area contributed by atoms with E-state index in [0.29, 0.717) is 23.4 Å². The highest BCUT2D eigenvalue weighted by Gasteiger charge is 2.35. The summed E-state index contributed by atoms with van der Waals surface area (Å²) in [6.45, 7) is 9.32. The molecule has 1 aliphatic heterocycles. The second-order valence-electron chi connectivity index (χ2n) is 6.46. The van der Waals surface area contributed by atoms with Crippen molar-refractivity contribution < 1.29 is 0 Å². The Hall–Kier alpha value is -0.180. The lowest BCUT2D eigenvalue weighted by Gasteiger charge is -2.30. The quantitative estimate of drug-likeness (QED) is 0.813. The van der Waals surface area contributed by atoms with Crippen molar-refractivity contribution >= 4 is 16.9 Å². The fraction of sp³-hybridized carbons (Fsp3) is 0.929. The summed E-state index contributed by atoms with van der Waals surface area (Å²) in [7, 11) is 0. The van der Waals surface area contributed by atoms with Crippen LogP contribution in [-0.4, -0.2) is 23.0 Å². The van der Waals surface area contributed by atoms with Crippen LogP contribution in [0.4, 0.5) is 0 Å². The molecular weight excluding hydrogens is 228 g/mol. The molecule has 2 nitrogen and oxygen atoms in total. The van der Waals surface area contributed by atoms with E-state index >= 15 is 0 Å². The van der Waals surface area contributed by atoms with Crippen molar-refractivity contribution in [1.82, 2.24) is 5.32 Å². The van der Waals surface area contributed by atoms with Crippen molar-refractivity contribution in [2.24, 2.45) is 16.3 Å². The number of thioether (sulfide) groups is 1. The van der Waals surface area contributed by atoms with E-state index in [4.69, 9.17) is 4.99 Å². The van der Waals surface area contributed by atoms with Gasteiger partial charge in [-0.3, -0.25) is 4.99 Å². The number of hydrogen-bond donors (Lipinski definition) is 1. The summed E-state index contributed by atoms with van der Waals surface area (Å²) in [5.41, 5.74) is 0.403. The average molecular weight is 254 g/mol. The molecule has 0 aromatic heterocycles. The van der Waals surface area contributed by atoms with E-state index in [1.54, 1.807) is 0 Å². The van der Waals surface area contributed by atoms with Gasteiger partial charge in [0.25, 0.3) is 0 Å². The lowest BCUT2D eigenvalue weighted by Crippen LogP contribution is -2.42. The molecule has 0 amide bonds. The van der Waals surface area contributed by atoms with Crippen molar-refractivity contribution in [1.29, 1.82) is 0 Å². The van der Waals surface area contributed by atoms with Crippen LogP contribution in [0.25, 0.3) is 0 Å². The van der Waals surface area contributed by atoms with E-state index < -0.39 is 0 Å². The fourth-order valence-corrected chi connectivity index (χ4v) is 3.82. The number of amidine groups is 1. The minimum absolute atomic E-state index is 0.403. The molecule has 1 aliphatic carbocycles. The molecule has 98 valence electrons. The monoisotopic (exact) mass is 254 g/mol. The maximum atomic E-state index is 4.99. The molecule has 0 bridgehead atoms. The summed E-state index contributed by atoms with van der Waals surface area (Å²) in [5, 5.41) is 4.83. The highest BCUT2D eigenvalue weighted by Crippen LogP contribution is 2.40. The summed E-state index contributed by atoms with van der Waals surface area (Å²) >= 11 is 1.91. The first kappa shape index (κ1) is 13.3. The largest absolute Gasteiger partial charge is 0.362 e. The minimum Gasteiger partial charge on any atom is -0.362 e. The Morgan fingerprint density at radius 1 is 1.35 bits per heavy atom. The molecule has 0 spiro atoms. The lowest BCUT2D eigenvalue weighted by atomic mass is 9.88. The number of aliphatic imine (C=N–C) groups is 1. The average Bonchev–Trinajstić information content (AvgIpc) is 2.59. The third-order valence-corrected chi connectivity index (χ3v) is 5.19. The van der Waals surface area contributed by atoms with E-state index in [2.05, 4.69) is 33.0 Å². The maximum Gasteiger partial charge on any atom is 0.157 e. The first-order chi connectivity index (χ1) is 7.99. The summed E-state index contributed by atoms with van der Waals surface area (Å²) in [6, 6.07) is 1.16. The molecule has 1 saturated carbocycles. The first-order valence-corrected chi connectivity index (χ1v) is 7.95. The Bertz CT molecular complexity index is 297. The molecule has 2 unspecified atom stereocenters. The van der Waals surface area contributed by atoms with Crippen molar-refractivity contribution in [3.05, 3.63) is 0 Å². The maximum absolute atomic E-state index is 4.99. The van der Waals surface area contributed by atoms with Crippen molar-refractivity contribution in [2.45, 2.75) is 65.5 Å². The number of rotatable bonds is 2. The molecule has 2 fully saturated rings. The Kier molecular flexibility index (Phi) is 4.06. The smallest absolute Gasteiger partial charge is 0.157 e. The van der Waals surface area contributed by atoms with Gasteiger partial charge < -0.3 is 5.32 Å². The van der Waals surface area contributed by atoms with Gasteiger partial charge in [0.15, 0.2) is 5.17 Å². The zero-order valence-corrected chi connectivity index (χ0v) is 12.4. The summed E-state index contributed by atoms with van der Waals surface area (Å²) < 4.78 is 0. The third kappa shape index (κ3) is 3.18. The van der Waals surface area contributed by atoms with E-state index in [1.165, 1.54) is 36.6 Å². The van der Waals surface area contributed by atoms with Gasteiger partial charge in [-0.15, -0.1) is 0 Å². The zero-order valence-electron chi connectivity index (χ0n) is 11.6. The molecule has 0 radical (unpaired) electrons. The number of nitrogens with one attached hydrogen (secondary N) is 1. The van der Waals surface area contributed by atoms with Crippen molar-refractivity contribution in [3.8, 4) is 0 Å². The van der Waals surface area contributed by atoms with E-state index in [1.807, 2.05) is 11.8 Å². The molecule has 1 saturated heterocycles. The molecule has 1 heterocycles. The lowest BCUT2D eigenvalue weighted by molar-refractivity contribution is 0.333. The van der Waals surface area contributed by atoms with Gasteiger partial charge in [0.05, 0.1) is 6.04 Å². The normalized spacial score (nSPS) is 35.2. The molecule has 1 N–H and O–H groups in total. The zero-order chi connectivity index (χ0) is 12.5. The van der Waals surface area contributed by atoms with Crippen LogP contribution in [0.15, 0.2) is 4.99 Å². The van der Waals surface area contributed by atoms with Gasteiger partial charge in [-0.2, -0.15) is 0 Å². The van der Waals surface area contributed by atoms with E-state index in [0.717, 1.165) is 0 Å². The van der Waals surface area contributed by atoms with Crippen LogP contribution in [-0.2, 0) is 0 Å². The van der Waals surface area contributed by atoms with Crippen LogP contribution >= 0.6 is 11.8 Å². The standard InChI is InChI=1S/C14H26N2S/c1-10(2)11-7-9-17-13(15-11)16-12-6-5-8-14(12,3)4/h10-12H,5-9H2,1-4H3,(H,15,16). The van der Waals surface area contributed by atoms with Gasteiger partial charge >= 0.3 is 0 Å². The number of hydrogen-bond acceptors (Lipinski definition) is 2. The Morgan fingerprint density at radius 2 is 2.12 bits per heavy atom. The predicted molar refractivity (Wildman–Crippen MR) is 77.7 cm³/mol. The summed E-state index contributed by atoms with van der Waals surface area (Å²) in [6.07, 6.45) is 5.21.